The molecule has 0 bridgehead atoms. The Hall–Kier alpha value is -2.16. The molecule has 1 aromatic rings. The van der Waals surface area contributed by atoms with Crippen molar-refractivity contribution < 1.29 is 14.3 Å². The second-order valence-electron chi connectivity index (χ2n) is 4.81. The molecule has 0 atom stereocenters. The highest BCUT2D eigenvalue weighted by Crippen LogP contribution is 2.05. The highest BCUT2D eigenvalue weighted by atomic mass is 32.1. The van der Waals surface area contributed by atoms with Crippen molar-refractivity contribution in [2.75, 3.05) is 32.8 Å². The smallest absolute Gasteiger partial charge is 0.409 e. The molecule has 1 aliphatic heterocycles. The number of hydrogen-bond acceptors (Lipinski definition) is 5. The number of nitrogens with one attached hydrogen (secondary N) is 1. The van der Waals surface area contributed by atoms with Gasteiger partial charge in [-0.3, -0.25) is 14.8 Å². The van der Waals surface area contributed by atoms with Crippen LogP contribution in [0.5, 0.6) is 0 Å². The minimum Gasteiger partial charge on any atom is -0.450 e. The fourth-order valence-corrected chi connectivity index (χ4v) is 2.36. The van der Waals surface area contributed by atoms with Crippen LogP contribution in [0, 0.1) is 0 Å². The van der Waals surface area contributed by atoms with Crippen LogP contribution < -0.4 is 5.32 Å². The number of nitrogens with zero attached hydrogens (tertiary/aromatic N) is 4. The third-order valence-electron chi connectivity index (χ3n) is 3.26. The van der Waals surface area contributed by atoms with Gasteiger partial charge in [0.05, 0.1) is 6.61 Å². The zero-order chi connectivity index (χ0) is 16.1. The number of carbonyl (C=O) groups is 2. The molecule has 120 valence electrons. The number of piperazine rings is 1. The average molecular weight is 325 g/mol. The summed E-state index contributed by atoms with van der Waals surface area (Å²) >= 11 is 5.24. The lowest BCUT2D eigenvalue weighted by Crippen LogP contribution is -2.54. The summed E-state index contributed by atoms with van der Waals surface area (Å²) in [6, 6.07) is 1.62. The largest absolute Gasteiger partial charge is 0.450 e. The first-order valence-electron chi connectivity index (χ1n) is 7.03. The van der Waals surface area contributed by atoms with E-state index in [1.165, 1.54) is 0 Å². The molecule has 1 aromatic heterocycles. The minimum absolute atomic E-state index is 0.314. The fraction of sp³-hybridized carbons (Fsp3) is 0.538. The Morgan fingerprint density at radius 2 is 1.95 bits per heavy atom. The number of thiocarbonyl (C=S) groups is 1. The van der Waals surface area contributed by atoms with Crippen LogP contribution in [-0.4, -0.2) is 69.5 Å². The molecular weight excluding hydrogens is 306 g/mol. The Kier molecular flexibility index (Phi) is 5.31. The van der Waals surface area contributed by atoms with Crippen LogP contribution in [0.15, 0.2) is 12.3 Å². The second kappa shape index (κ2) is 7.21. The molecule has 22 heavy (non-hydrogen) atoms. The van der Waals surface area contributed by atoms with Crippen LogP contribution >= 0.6 is 12.2 Å². The highest BCUT2D eigenvalue weighted by molar-refractivity contribution is 7.80. The summed E-state index contributed by atoms with van der Waals surface area (Å²) in [5, 5.41) is 7.02. The van der Waals surface area contributed by atoms with Crippen LogP contribution in [0.25, 0.3) is 0 Å². The van der Waals surface area contributed by atoms with E-state index in [1.54, 1.807) is 35.8 Å². The van der Waals surface area contributed by atoms with Crippen molar-refractivity contribution in [3.63, 3.8) is 0 Å². The van der Waals surface area contributed by atoms with E-state index in [9.17, 15) is 9.59 Å². The summed E-state index contributed by atoms with van der Waals surface area (Å²) in [5.41, 5.74) is 0.315. The van der Waals surface area contributed by atoms with E-state index < -0.39 is 0 Å². The predicted octanol–water partition coefficient (Wildman–Crippen LogP) is 0.209. The van der Waals surface area contributed by atoms with Gasteiger partial charge in [-0.2, -0.15) is 5.10 Å². The van der Waals surface area contributed by atoms with Crippen LogP contribution in [-0.2, 0) is 11.8 Å². The predicted molar refractivity (Wildman–Crippen MR) is 83.4 cm³/mol. The van der Waals surface area contributed by atoms with Crippen molar-refractivity contribution in [3.8, 4) is 0 Å². The Balaban J connectivity index is 1.82. The average Bonchev–Trinajstić information content (AvgIpc) is 2.94. The van der Waals surface area contributed by atoms with Crippen LogP contribution in [0.3, 0.4) is 0 Å². The molecule has 2 amide bonds. The normalized spacial score (nSPS) is 14.6. The third kappa shape index (κ3) is 3.94. The lowest BCUT2D eigenvalue weighted by atomic mass is 10.3. The molecule has 0 radical (unpaired) electrons. The number of amides is 2. The SMILES string of the molecule is CCOC(=O)N1CCN(C(=S)NC(=O)c2ccn(C)n2)CC1. The van der Waals surface area contributed by atoms with Crippen molar-refractivity contribution in [1.82, 2.24) is 24.9 Å². The maximum atomic E-state index is 12.0. The molecule has 0 saturated carbocycles. The summed E-state index contributed by atoms with van der Waals surface area (Å²) in [6.07, 6.45) is 1.38. The molecule has 2 heterocycles. The number of carbonyl (C=O) groups excluding carboxylic acids is 2. The van der Waals surface area contributed by atoms with Gasteiger partial charge in [-0.05, 0) is 25.2 Å². The molecule has 1 aliphatic rings. The number of ether oxygens (including phenoxy) is 1. The zero-order valence-corrected chi connectivity index (χ0v) is 13.4. The fourth-order valence-electron chi connectivity index (χ4n) is 2.08. The molecule has 9 heteroatoms. The number of aromatic nitrogens is 2. The van der Waals surface area contributed by atoms with E-state index in [2.05, 4.69) is 10.4 Å². The van der Waals surface area contributed by atoms with E-state index in [-0.39, 0.29) is 12.0 Å². The number of hydrogen-bond donors (Lipinski definition) is 1. The van der Waals surface area contributed by atoms with Gasteiger partial charge in [-0.15, -0.1) is 0 Å². The van der Waals surface area contributed by atoms with E-state index in [0.717, 1.165) is 0 Å². The monoisotopic (exact) mass is 325 g/mol. The molecule has 0 unspecified atom stereocenters. The first-order valence-corrected chi connectivity index (χ1v) is 7.43. The number of aryl methyl sites for hydroxylation is 1. The number of rotatable bonds is 2. The first kappa shape index (κ1) is 16.2. The van der Waals surface area contributed by atoms with Crippen molar-refractivity contribution >= 4 is 29.3 Å². The van der Waals surface area contributed by atoms with Gasteiger partial charge in [0, 0.05) is 39.4 Å². The maximum absolute atomic E-state index is 12.0. The molecule has 0 spiro atoms. The van der Waals surface area contributed by atoms with E-state index in [4.69, 9.17) is 17.0 Å². The molecule has 2 rings (SSSR count). The third-order valence-corrected chi connectivity index (χ3v) is 3.62. The van der Waals surface area contributed by atoms with E-state index >= 15 is 0 Å². The highest BCUT2D eigenvalue weighted by Gasteiger charge is 2.24. The molecular formula is C13H19N5O3S. The standard InChI is InChI=1S/C13H19N5O3S/c1-3-21-13(20)18-8-6-17(7-9-18)12(22)14-11(19)10-4-5-16(2)15-10/h4-5H,3,6-9H2,1-2H3,(H,14,19,22). The van der Waals surface area contributed by atoms with E-state index in [1.807, 2.05) is 4.90 Å². The zero-order valence-electron chi connectivity index (χ0n) is 12.6. The quantitative estimate of drug-likeness (QED) is 0.783. The van der Waals surface area contributed by atoms with Gasteiger partial charge in [0.25, 0.3) is 5.91 Å². The molecule has 8 nitrogen and oxygen atoms in total. The van der Waals surface area contributed by atoms with Crippen LogP contribution in [0.4, 0.5) is 4.79 Å². The minimum atomic E-state index is -0.335. The summed E-state index contributed by atoms with van der Waals surface area (Å²) < 4.78 is 6.51. The lowest BCUT2D eigenvalue weighted by molar-refractivity contribution is 0.0895. The molecule has 1 saturated heterocycles. The Bertz CT molecular complexity index is 566. The molecule has 0 aromatic carbocycles. The van der Waals surface area contributed by atoms with Gasteiger partial charge in [0.1, 0.15) is 0 Å². The van der Waals surface area contributed by atoms with E-state index in [0.29, 0.717) is 43.6 Å². The van der Waals surface area contributed by atoms with Crippen LogP contribution in [0.2, 0.25) is 0 Å². The van der Waals surface area contributed by atoms with Gasteiger partial charge in [-0.1, -0.05) is 0 Å². The van der Waals surface area contributed by atoms with Crippen molar-refractivity contribution in [2.45, 2.75) is 6.92 Å². The van der Waals surface area contributed by atoms with Gasteiger partial charge >= 0.3 is 6.09 Å². The lowest BCUT2D eigenvalue weighted by Gasteiger charge is -2.35. The summed E-state index contributed by atoms with van der Waals surface area (Å²) in [5.74, 6) is -0.335. The van der Waals surface area contributed by atoms with Gasteiger partial charge < -0.3 is 14.5 Å². The van der Waals surface area contributed by atoms with Gasteiger partial charge in [-0.25, -0.2) is 4.79 Å². The summed E-state index contributed by atoms with van der Waals surface area (Å²) in [4.78, 5) is 27.1. The van der Waals surface area contributed by atoms with Gasteiger partial charge in [0.2, 0.25) is 0 Å². The maximum Gasteiger partial charge on any atom is 0.409 e. The first-order chi connectivity index (χ1) is 10.5. The van der Waals surface area contributed by atoms with Crippen molar-refractivity contribution in [2.24, 2.45) is 7.05 Å². The van der Waals surface area contributed by atoms with Crippen LogP contribution in [0.1, 0.15) is 17.4 Å². The molecule has 1 fully saturated rings. The van der Waals surface area contributed by atoms with Crippen molar-refractivity contribution in [3.05, 3.63) is 18.0 Å². The molecule has 1 N–H and O–H groups in total. The Morgan fingerprint density at radius 1 is 1.32 bits per heavy atom. The summed E-state index contributed by atoms with van der Waals surface area (Å²) in [7, 11) is 1.74. The van der Waals surface area contributed by atoms with Gasteiger partial charge in [0.15, 0.2) is 10.8 Å². The Labute approximate surface area is 134 Å². The van der Waals surface area contributed by atoms with Crippen molar-refractivity contribution in [1.29, 1.82) is 0 Å². The topological polar surface area (TPSA) is 79.7 Å². The molecule has 0 aliphatic carbocycles. The Morgan fingerprint density at radius 3 is 2.50 bits per heavy atom. The second-order valence-corrected chi connectivity index (χ2v) is 5.19. The summed E-state index contributed by atoms with van der Waals surface area (Å²) in [6.45, 7) is 4.27.